The van der Waals surface area contributed by atoms with Crippen LogP contribution in [0.2, 0.25) is 0 Å². The second-order valence-electron chi connectivity index (χ2n) is 7.13. The summed E-state index contributed by atoms with van der Waals surface area (Å²) in [4.78, 5) is 2.60. The molecule has 0 bridgehead atoms. The monoisotopic (exact) mass is 286 g/mol. The number of nitrogens with two attached hydrogens (primary N) is 1. The summed E-state index contributed by atoms with van der Waals surface area (Å²) in [6, 6.07) is 8.97. The van der Waals surface area contributed by atoms with E-state index in [1.807, 2.05) is 0 Å². The van der Waals surface area contributed by atoms with Gasteiger partial charge in [0.05, 0.1) is 5.54 Å². The van der Waals surface area contributed by atoms with Crippen molar-refractivity contribution in [2.45, 2.75) is 56.9 Å². The molecule has 1 saturated carbocycles. The molecule has 1 atom stereocenters. The van der Waals surface area contributed by atoms with Gasteiger partial charge in [0.2, 0.25) is 0 Å². The predicted octanol–water partition coefficient (Wildman–Crippen LogP) is 3.69. The van der Waals surface area contributed by atoms with Crippen molar-refractivity contribution < 1.29 is 0 Å². The molecule has 0 aromatic heterocycles. The van der Waals surface area contributed by atoms with Crippen LogP contribution in [0.4, 0.5) is 0 Å². The van der Waals surface area contributed by atoms with Crippen LogP contribution < -0.4 is 5.73 Å². The van der Waals surface area contributed by atoms with Crippen molar-refractivity contribution in [3.8, 4) is 0 Å². The van der Waals surface area contributed by atoms with Crippen molar-refractivity contribution in [1.82, 2.24) is 4.90 Å². The third kappa shape index (κ3) is 2.89. The van der Waals surface area contributed by atoms with E-state index < -0.39 is 0 Å². The molecule has 0 radical (unpaired) electrons. The Bertz CT molecular complexity index is 464. The summed E-state index contributed by atoms with van der Waals surface area (Å²) < 4.78 is 0. The van der Waals surface area contributed by atoms with Gasteiger partial charge in [0.1, 0.15) is 0 Å². The molecule has 3 rings (SSSR count). The van der Waals surface area contributed by atoms with Gasteiger partial charge in [0, 0.05) is 13.1 Å². The number of fused-ring (bicyclic) bond motifs is 1. The molecular weight excluding hydrogens is 256 g/mol. The maximum atomic E-state index is 6.32. The standard InChI is InChI=1S/C19H30N2/c1-21(14-16-8-3-2-4-9-16)19(15-20)13-7-11-17-10-5-6-12-18(17)19/h5-6,10,12,16H,2-4,7-9,11,13-15,20H2,1H3. The van der Waals surface area contributed by atoms with E-state index in [4.69, 9.17) is 5.73 Å². The second kappa shape index (κ2) is 6.50. The Hall–Kier alpha value is -0.860. The summed E-state index contributed by atoms with van der Waals surface area (Å²) in [5.41, 5.74) is 9.41. The van der Waals surface area contributed by atoms with Crippen LogP contribution in [-0.4, -0.2) is 25.0 Å². The van der Waals surface area contributed by atoms with Gasteiger partial charge in [-0.25, -0.2) is 0 Å². The molecule has 0 spiro atoms. The molecule has 0 heterocycles. The SMILES string of the molecule is CN(CC1CCCCC1)C1(CN)CCCc2ccccc21. The predicted molar refractivity (Wildman–Crippen MR) is 89.3 cm³/mol. The van der Waals surface area contributed by atoms with Gasteiger partial charge in [-0.1, -0.05) is 43.5 Å². The van der Waals surface area contributed by atoms with Gasteiger partial charge in [-0.3, -0.25) is 4.90 Å². The minimum absolute atomic E-state index is 0.0757. The molecule has 2 N–H and O–H groups in total. The zero-order valence-electron chi connectivity index (χ0n) is 13.5. The summed E-state index contributed by atoms with van der Waals surface area (Å²) in [5, 5.41) is 0. The Labute approximate surface area is 129 Å². The lowest BCUT2D eigenvalue weighted by Gasteiger charge is -2.47. The van der Waals surface area contributed by atoms with E-state index >= 15 is 0 Å². The number of likely N-dealkylation sites (N-methyl/N-ethyl adjacent to an activating group) is 1. The Morgan fingerprint density at radius 3 is 2.67 bits per heavy atom. The van der Waals surface area contributed by atoms with Crippen LogP contribution in [0.3, 0.4) is 0 Å². The van der Waals surface area contributed by atoms with E-state index in [9.17, 15) is 0 Å². The summed E-state index contributed by atoms with van der Waals surface area (Å²) in [7, 11) is 2.31. The Balaban J connectivity index is 1.83. The summed E-state index contributed by atoms with van der Waals surface area (Å²) >= 11 is 0. The Kier molecular flexibility index (Phi) is 4.66. The number of benzene rings is 1. The molecule has 116 valence electrons. The van der Waals surface area contributed by atoms with Crippen LogP contribution in [0.1, 0.15) is 56.1 Å². The van der Waals surface area contributed by atoms with Crippen molar-refractivity contribution in [1.29, 1.82) is 0 Å². The molecule has 2 heteroatoms. The van der Waals surface area contributed by atoms with Crippen molar-refractivity contribution in [2.24, 2.45) is 11.7 Å². The molecule has 2 aliphatic rings. The smallest absolute Gasteiger partial charge is 0.0584 e. The van der Waals surface area contributed by atoms with Crippen molar-refractivity contribution in [3.63, 3.8) is 0 Å². The Morgan fingerprint density at radius 1 is 1.14 bits per heavy atom. The lowest BCUT2D eigenvalue weighted by Crippen LogP contribution is -2.52. The number of rotatable bonds is 4. The average molecular weight is 286 g/mol. The first-order valence-electron chi connectivity index (χ1n) is 8.76. The number of aryl methyl sites for hydroxylation is 1. The average Bonchev–Trinajstić information content (AvgIpc) is 2.55. The molecule has 1 aromatic rings. The fraction of sp³-hybridized carbons (Fsp3) is 0.684. The zero-order valence-corrected chi connectivity index (χ0v) is 13.5. The molecule has 21 heavy (non-hydrogen) atoms. The molecule has 0 amide bonds. The normalized spacial score (nSPS) is 26.8. The van der Waals surface area contributed by atoms with Crippen LogP contribution >= 0.6 is 0 Å². The fourth-order valence-electron chi connectivity index (χ4n) is 4.59. The topological polar surface area (TPSA) is 29.3 Å². The van der Waals surface area contributed by atoms with E-state index in [1.165, 1.54) is 69.0 Å². The highest BCUT2D eigenvalue weighted by Gasteiger charge is 2.39. The van der Waals surface area contributed by atoms with E-state index in [0.717, 1.165) is 12.5 Å². The number of hydrogen-bond donors (Lipinski definition) is 1. The number of nitrogens with zero attached hydrogens (tertiary/aromatic N) is 1. The van der Waals surface area contributed by atoms with Crippen LogP contribution in [0, 0.1) is 5.92 Å². The van der Waals surface area contributed by atoms with Crippen molar-refractivity contribution >= 4 is 0 Å². The molecule has 0 aliphatic heterocycles. The van der Waals surface area contributed by atoms with Crippen molar-refractivity contribution in [2.75, 3.05) is 20.1 Å². The molecule has 1 fully saturated rings. The highest BCUT2D eigenvalue weighted by molar-refractivity contribution is 5.36. The van der Waals surface area contributed by atoms with Gasteiger partial charge < -0.3 is 5.73 Å². The summed E-state index contributed by atoms with van der Waals surface area (Å²) in [6.45, 7) is 1.96. The highest BCUT2D eigenvalue weighted by Crippen LogP contribution is 2.40. The van der Waals surface area contributed by atoms with E-state index in [1.54, 1.807) is 0 Å². The van der Waals surface area contributed by atoms with E-state index in [0.29, 0.717) is 0 Å². The van der Waals surface area contributed by atoms with Gasteiger partial charge in [-0.15, -0.1) is 0 Å². The van der Waals surface area contributed by atoms with E-state index in [2.05, 4.69) is 36.2 Å². The van der Waals surface area contributed by atoms with Crippen LogP contribution in [0.15, 0.2) is 24.3 Å². The van der Waals surface area contributed by atoms with Gasteiger partial charge in [0.15, 0.2) is 0 Å². The van der Waals surface area contributed by atoms with Crippen LogP contribution in [0.5, 0.6) is 0 Å². The lowest BCUT2D eigenvalue weighted by molar-refractivity contribution is 0.0772. The van der Waals surface area contributed by atoms with Crippen molar-refractivity contribution in [3.05, 3.63) is 35.4 Å². The van der Waals surface area contributed by atoms with Gasteiger partial charge in [-0.05, 0) is 56.2 Å². The fourth-order valence-corrected chi connectivity index (χ4v) is 4.59. The number of hydrogen-bond acceptors (Lipinski definition) is 2. The minimum atomic E-state index is 0.0757. The molecule has 2 aliphatic carbocycles. The van der Waals surface area contributed by atoms with Crippen LogP contribution in [-0.2, 0) is 12.0 Å². The van der Waals surface area contributed by atoms with Gasteiger partial charge in [-0.2, -0.15) is 0 Å². The molecule has 1 unspecified atom stereocenters. The summed E-state index contributed by atoms with van der Waals surface area (Å²) in [6.07, 6.45) is 10.8. The quantitative estimate of drug-likeness (QED) is 0.914. The first-order chi connectivity index (χ1) is 10.3. The molecule has 1 aromatic carbocycles. The zero-order chi connectivity index (χ0) is 14.7. The molecule has 0 saturated heterocycles. The minimum Gasteiger partial charge on any atom is -0.328 e. The summed E-state index contributed by atoms with van der Waals surface area (Å²) in [5.74, 6) is 0.876. The van der Waals surface area contributed by atoms with Gasteiger partial charge in [0.25, 0.3) is 0 Å². The maximum absolute atomic E-state index is 6.32. The first kappa shape index (κ1) is 15.1. The van der Waals surface area contributed by atoms with E-state index in [-0.39, 0.29) is 5.54 Å². The molecule has 2 nitrogen and oxygen atoms in total. The van der Waals surface area contributed by atoms with Crippen LogP contribution in [0.25, 0.3) is 0 Å². The van der Waals surface area contributed by atoms with Gasteiger partial charge >= 0.3 is 0 Å². The molecular formula is C19H30N2. The first-order valence-corrected chi connectivity index (χ1v) is 8.76. The lowest BCUT2D eigenvalue weighted by atomic mass is 9.74. The third-order valence-corrected chi connectivity index (χ3v) is 5.88. The second-order valence-corrected chi connectivity index (χ2v) is 7.13. The Morgan fingerprint density at radius 2 is 1.90 bits per heavy atom. The third-order valence-electron chi connectivity index (χ3n) is 5.88. The highest BCUT2D eigenvalue weighted by atomic mass is 15.2. The maximum Gasteiger partial charge on any atom is 0.0584 e. The largest absolute Gasteiger partial charge is 0.328 e.